The number of carbonyl (C=O) groups excluding carboxylic acids is 1. The minimum absolute atomic E-state index is 0.108. The molecule has 0 amide bonds. The van der Waals surface area contributed by atoms with Crippen LogP contribution in [0.4, 0.5) is 0 Å². The average Bonchev–Trinajstić information content (AvgIpc) is 2.67. The summed E-state index contributed by atoms with van der Waals surface area (Å²) in [6, 6.07) is 0. The second-order valence-electron chi connectivity index (χ2n) is 7.16. The highest BCUT2D eigenvalue weighted by Crippen LogP contribution is 2.10. The molecule has 0 saturated carbocycles. The molecule has 4 heteroatoms. The quantitative estimate of drug-likeness (QED) is 0.134. The Hall–Kier alpha value is -0.870. The van der Waals surface area contributed by atoms with E-state index < -0.39 is 0 Å². The number of carbonyl (C=O) groups is 1. The van der Waals surface area contributed by atoms with Crippen LogP contribution in [0.25, 0.3) is 0 Å². The van der Waals surface area contributed by atoms with Crippen molar-refractivity contribution >= 4 is 5.97 Å². The van der Waals surface area contributed by atoms with E-state index >= 15 is 0 Å². The summed E-state index contributed by atoms with van der Waals surface area (Å²) in [5.41, 5.74) is 0. The van der Waals surface area contributed by atoms with Gasteiger partial charge in [0.05, 0.1) is 19.8 Å². The molecule has 160 valence electrons. The van der Waals surface area contributed by atoms with Gasteiger partial charge in [-0.3, -0.25) is 4.79 Å². The highest BCUT2D eigenvalue weighted by molar-refractivity contribution is 5.69. The third-order valence-electron chi connectivity index (χ3n) is 4.57. The van der Waals surface area contributed by atoms with Gasteiger partial charge >= 0.3 is 5.97 Å². The van der Waals surface area contributed by atoms with E-state index in [1.165, 1.54) is 70.6 Å². The first-order valence-corrected chi connectivity index (χ1v) is 11.2. The number of methoxy groups -OCH3 is 1. The molecule has 0 saturated heterocycles. The molecule has 0 N–H and O–H groups in total. The number of esters is 1. The Morgan fingerprint density at radius 3 is 1.89 bits per heavy atom. The van der Waals surface area contributed by atoms with Gasteiger partial charge in [0.1, 0.15) is 6.61 Å². The zero-order chi connectivity index (χ0) is 19.8. The third-order valence-corrected chi connectivity index (χ3v) is 4.57. The van der Waals surface area contributed by atoms with Gasteiger partial charge in [-0.25, -0.2) is 0 Å². The van der Waals surface area contributed by atoms with Gasteiger partial charge in [0.15, 0.2) is 0 Å². The lowest BCUT2D eigenvalue weighted by Crippen LogP contribution is -2.12. The van der Waals surface area contributed by atoms with Crippen molar-refractivity contribution in [1.29, 1.82) is 0 Å². The second kappa shape index (κ2) is 23.2. The Bertz CT molecular complexity index is 328. The minimum atomic E-state index is -0.108. The number of hydrogen-bond donors (Lipinski definition) is 0. The van der Waals surface area contributed by atoms with Crippen molar-refractivity contribution in [2.75, 3.05) is 33.5 Å². The standard InChI is InChI=1S/C23H44O4/c1-3-4-5-6-7-8-9-10-11-12-13-14-15-16-17-18-23(24)27-22-21-26-20-19-25-2/h10-11H,3-9,12-22H2,1-2H3. The van der Waals surface area contributed by atoms with Gasteiger partial charge in [-0.15, -0.1) is 0 Å². The smallest absolute Gasteiger partial charge is 0.305 e. The molecular formula is C23H44O4. The van der Waals surface area contributed by atoms with E-state index in [2.05, 4.69) is 19.1 Å². The van der Waals surface area contributed by atoms with Gasteiger partial charge in [-0.1, -0.05) is 70.4 Å². The largest absolute Gasteiger partial charge is 0.463 e. The zero-order valence-electron chi connectivity index (χ0n) is 18.0. The molecule has 0 atom stereocenters. The predicted octanol–water partition coefficient (Wildman–Crippen LogP) is 6.23. The van der Waals surface area contributed by atoms with Crippen LogP contribution in [0.15, 0.2) is 12.2 Å². The van der Waals surface area contributed by atoms with Gasteiger partial charge < -0.3 is 14.2 Å². The van der Waals surface area contributed by atoms with Crippen molar-refractivity contribution in [2.45, 2.75) is 96.8 Å². The summed E-state index contributed by atoms with van der Waals surface area (Å²) < 4.78 is 15.2. The van der Waals surface area contributed by atoms with Crippen molar-refractivity contribution in [1.82, 2.24) is 0 Å². The predicted molar refractivity (Wildman–Crippen MR) is 113 cm³/mol. The van der Waals surface area contributed by atoms with Crippen LogP contribution in [0.1, 0.15) is 96.8 Å². The monoisotopic (exact) mass is 384 g/mol. The fraction of sp³-hybridized carbons (Fsp3) is 0.870. The van der Waals surface area contributed by atoms with Gasteiger partial charge in [0.25, 0.3) is 0 Å². The first kappa shape index (κ1) is 26.1. The topological polar surface area (TPSA) is 44.8 Å². The summed E-state index contributed by atoms with van der Waals surface area (Å²) in [5.74, 6) is -0.108. The highest BCUT2D eigenvalue weighted by Gasteiger charge is 2.02. The Morgan fingerprint density at radius 2 is 1.26 bits per heavy atom. The Morgan fingerprint density at radius 1 is 0.704 bits per heavy atom. The normalized spacial score (nSPS) is 11.3. The maximum atomic E-state index is 11.6. The van der Waals surface area contributed by atoms with Crippen molar-refractivity contribution in [3.05, 3.63) is 12.2 Å². The van der Waals surface area contributed by atoms with E-state index in [4.69, 9.17) is 14.2 Å². The molecule has 0 bridgehead atoms. The lowest BCUT2D eigenvalue weighted by molar-refractivity contribution is -0.145. The molecule has 0 aliphatic rings. The molecular weight excluding hydrogens is 340 g/mol. The maximum Gasteiger partial charge on any atom is 0.305 e. The van der Waals surface area contributed by atoms with Crippen LogP contribution in [-0.4, -0.2) is 39.5 Å². The SMILES string of the molecule is CCCCCCCCC=CCCCCCCCC(=O)OCCOCCOC. The van der Waals surface area contributed by atoms with Crippen LogP contribution in [0.3, 0.4) is 0 Å². The molecule has 0 aromatic heterocycles. The summed E-state index contributed by atoms with van der Waals surface area (Å²) in [5, 5.41) is 0. The molecule has 0 fully saturated rings. The Balaban J connectivity index is 3.19. The molecule has 4 nitrogen and oxygen atoms in total. The first-order valence-electron chi connectivity index (χ1n) is 11.2. The molecule has 0 rings (SSSR count). The van der Waals surface area contributed by atoms with E-state index in [-0.39, 0.29) is 5.97 Å². The molecule has 0 unspecified atom stereocenters. The van der Waals surface area contributed by atoms with Gasteiger partial charge in [-0.2, -0.15) is 0 Å². The van der Waals surface area contributed by atoms with Crippen molar-refractivity contribution < 1.29 is 19.0 Å². The number of ether oxygens (including phenoxy) is 3. The molecule has 0 aliphatic heterocycles. The Kier molecular flexibility index (Phi) is 22.4. The molecule has 0 heterocycles. The minimum Gasteiger partial charge on any atom is -0.463 e. The van der Waals surface area contributed by atoms with Crippen LogP contribution >= 0.6 is 0 Å². The molecule has 0 spiro atoms. The highest BCUT2D eigenvalue weighted by atomic mass is 16.6. The Labute approximate surface area is 168 Å². The van der Waals surface area contributed by atoms with Gasteiger partial charge in [0.2, 0.25) is 0 Å². The van der Waals surface area contributed by atoms with E-state index in [9.17, 15) is 4.79 Å². The van der Waals surface area contributed by atoms with Gasteiger partial charge in [0, 0.05) is 13.5 Å². The summed E-state index contributed by atoms with van der Waals surface area (Å²) >= 11 is 0. The molecule has 0 aromatic carbocycles. The van der Waals surface area contributed by atoms with Crippen LogP contribution < -0.4 is 0 Å². The van der Waals surface area contributed by atoms with E-state index in [0.29, 0.717) is 32.8 Å². The van der Waals surface area contributed by atoms with Crippen molar-refractivity contribution in [3.63, 3.8) is 0 Å². The number of unbranched alkanes of at least 4 members (excludes halogenated alkanes) is 11. The van der Waals surface area contributed by atoms with E-state index in [1.807, 2.05) is 0 Å². The summed E-state index contributed by atoms with van der Waals surface area (Å²) in [7, 11) is 1.64. The zero-order valence-corrected chi connectivity index (χ0v) is 18.0. The van der Waals surface area contributed by atoms with E-state index in [0.717, 1.165) is 12.8 Å². The summed E-state index contributed by atoms with van der Waals surface area (Å²) in [6.07, 6.45) is 21.7. The molecule has 27 heavy (non-hydrogen) atoms. The second-order valence-corrected chi connectivity index (χ2v) is 7.16. The van der Waals surface area contributed by atoms with Crippen LogP contribution in [-0.2, 0) is 19.0 Å². The fourth-order valence-corrected chi connectivity index (χ4v) is 2.87. The summed E-state index contributed by atoms with van der Waals surface area (Å²) in [4.78, 5) is 11.6. The van der Waals surface area contributed by atoms with Crippen molar-refractivity contribution in [2.24, 2.45) is 0 Å². The average molecular weight is 385 g/mol. The van der Waals surface area contributed by atoms with Crippen LogP contribution in [0.5, 0.6) is 0 Å². The fourth-order valence-electron chi connectivity index (χ4n) is 2.87. The van der Waals surface area contributed by atoms with E-state index in [1.54, 1.807) is 7.11 Å². The lowest BCUT2D eigenvalue weighted by atomic mass is 10.1. The first-order chi connectivity index (χ1) is 13.3. The summed E-state index contributed by atoms with van der Waals surface area (Å²) in [6.45, 7) is 4.17. The number of allylic oxidation sites excluding steroid dienone is 2. The number of hydrogen-bond acceptors (Lipinski definition) is 4. The third kappa shape index (κ3) is 23.1. The lowest BCUT2D eigenvalue weighted by Gasteiger charge is -2.06. The van der Waals surface area contributed by atoms with Crippen LogP contribution in [0.2, 0.25) is 0 Å². The maximum absolute atomic E-state index is 11.6. The number of rotatable bonds is 21. The van der Waals surface area contributed by atoms with Gasteiger partial charge in [-0.05, 0) is 32.1 Å². The molecule has 0 aliphatic carbocycles. The molecule has 0 radical (unpaired) electrons. The molecule has 0 aromatic rings. The van der Waals surface area contributed by atoms with Crippen LogP contribution in [0, 0.1) is 0 Å². The van der Waals surface area contributed by atoms with Crippen molar-refractivity contribution in [3.8, 4) is 0 Å².